The number of benzene rings is 3. The maximum atomic E-state index is 12.9. The molecule has 1 atom stereocenters. The van der Waals surface area contributed by atoms with Gasteiger partial charge in [0, 0.05) is 80.5 Å². The summed E-state index contributed by atoms with van der Waals surface area (Å²) in [6.45, 7) is 5.39. The molecule has 0 spiro atoms. The molecule has 3 heterocycles. The third-order valence-electron chi connectivity index (χ3n) is 9.58. The Morgan fingerprint density at radius 3 is 2.20 bits per heavy atom. The number of aryl methyl sites for hydroxylation is 1. The van der Waals surface area contributed by atoms with Crippen molar-refractivity contribution in [2.45, 2.75) is 76.9 Å². The van der Waals surface area contributed by atoms with Crippen LogP contribution in [0.25, 0.3) is 22.0 Å². The number of fused-ring (bicyclic) bond motifs is 1. The molecule has 274 valence electrons. The molecule has 0 aliphatic carbocycles. The van der Waals surface area contributed by atoms with E-state index in [2.05, 4.69) is 47.4 Å². The minimum Gasteiger partial charge on any atom is -0.406 e. The Hall–Kier alpha value is -4.07. The maximum Gasteiger partial charge on any atom is 0.573 e. The monoisotopic (exact) mass is 716 g/mol. The number of piperidine rings is 1. The summed E-state index contributed by atoms with van der Waals surface area (Å²) in [7, 11) is 0. The summed E-state index contributed by atoms with van der Waals surface area (Å²) in [6.07, 6.45) is -2.35. The van der Waals surface area contributed by atoms with Gasteiger partial charge >= 0.3 is 12.7 Å². The van der Waals surface area contributed by atoms with Crippen LogP contribution < -0.4 is 14.8 Å². The van der Waals surface area contributed by atoms with Gasteiger partial charge in [0.2, 0.25) is 0 Å². The molecule has 0 saturated carbocycles. The molecule has 2 aliphatic heterocycles. The zero-order valence-corrected chi connectivity index (χ0v) is 28.2. The van der Waals surface area contributed by atoms with Crippen LogP contribution in [0.1, 0.15) is 49.7 Å². The number of hydrogen-bond acceptors (Lipinski definition) is 6. The first-order chi connectivity index (χ1) is 24.4. The molecule has 1 N–H and O–H groups in total. The largest absolute Gasteiger partial charge is 0.573 e. The van der Waals surface area contributed by atoms with Gasteiger partial charge in [-0.1, -0.05) is 42.8 Å². The molecular weight excluding hydrogens is 674 g/mol. The lowest BCUT2D eigenvalue weighted by Gasteiger charge is -2.35. The zero-order valence-electron chi connectivity index (χ0n) is 28.2. The highest BCUT2D eigenvalue weighted by atomic mass is 19.4. The molecule has 2 saturated heterocycles. The van der Waals surface area contributed by atoms with Crippen molar-refractivity contribution in [3.05, 3.63) is 84.1 Å². The Bertz CT molecular complexity index is 1760. The smallest absolute Gasteiger partial charge is 0.406 e. The summed E-state index contributed by atoms with van der Waals surface area (Å²) in [4.78, 5) is 17.1. The number of piperazine rings is 1. The lowest BCUT2D eigenvalue weighted by Crippen LogP contribution is -2.45. The Labute approximate surface area is 293 Å². The molecule has 6 rings (SSSR count). The van der Waals surface area contributed by atoms with Crippen LogP contribution in [-0.2, 0) is 24.4 Å². The van der Waals surface area contributed by atoms with Crippen molar-refractivity contribution in [3.8, 4) is 22.6 Å². The van der Waals surface area contributed by atoms with Gasteiger partial charge < -0.3 is 19.4 Å². The number of unbranched alkanes of at least 4 members (excludes halogenated alkanes) is 1. The molecule has 3 aromatic carbocycles. The highest BCUT2D eigenvalue weighted by Crippen LogP contribution is 2.34. The normalized spacial score (nSPS) is 17.9. The van der Waals surface area contributed by atoms with Crippen molar-refractivity contribution in [1.29, 1.82) is 0 Å². The number of carbonyl (C=O) groups is 1. The highest BCUT2D eigenvalue weighted by Gasteiger charge is 2.33. The van der Waals surface area contributed by atoms with Gasteiger partial charge in [-0.05, 0) is 73.7 Å². The molecule has 2 fully saturated rings. The van der Waals surface area contributed by atoms with Crippen molar-refractivity contribution in [3.63, 3.8) is 0 Å². The molecule has 51 heavy (non-hydrogen) atoms. The van der Waals surface area contributed by atoms with Gasteiger partial charge in [0.25, 0.3) is 0 Å². The number of aromatic nitrogens is 1. The number of alkyl halides is 6. The van der Waals surface area contributed by atoms with Gasteiger partial charge in [0.05, 0.1) is 6.04 Å². The van der Waals surface area contributed by atoms with Crippen LogP contribution in [0, 0.1) is 0 Å². The van der Waals surface area contributed by atoms with Gasteiger partial charge in [-0.2, -0.15) is 0 Å². The Morgan fingerprint density at radius 1 is 0.804 bits per heavy atom. The van der Waals surface area contributed by atoms with Crippen molar-refractivity contribution in [2.75, 3.05) is 32.7 Å². The summed E-state index contributed by atoms with van der Waals surface area (Å²) in [5.74, 6) is -0.209. The SMILES string of the molecule is O=C(CCCCn1cc(-c2ccc(OC(F)(F)F)cc2)c2cc(CN3CCN(Cc4ccccc4OC(F)(F)F)CC3)ccc21)C1CCCCN1. The molecule has 13 heteroatoms. The van der Waals surface area contributed by atoms with Crippen LogP contribution in [0.15, 0.2) is 72.9 Å². The molecule has 2 aliphatic rings. The first kappa shape index (κ1) is 36.7. The third kappa shape index (κ3) is 10.3. The fourth-order valence-electron chi connectivity index (χ4n) is 7.04. The molecule has 0 bridgehead atoms. The van der Waals surface area contributed by atoms with E-state index in [1.54, 1.807) is 24.3 Å². The maximum absolute atomic E-state index is 12.9. The average molecular weight is 717 g/mol. The van der Waals surface area contributed by atoms with Crippen molar-refractivity contribution in [2.24, 2.45) is 0 Å². The number of halogens is 6. The standard InChI is InChI=1S/C38H42F6N4O3/c39-37(40,41)50-30-14-12-28(13-15-30)32-26-48(18-6-4-9-35(49)33-8-3-5-17-45-33)34-16-11-27(23-31(32)34)24-46-19-21-47(22-20-46)25-29-7-1-2-10-36(29)51-38(42,43)44/h1-2,7,10-16,23,26,33,45H,3-6,8-9,17-22,24-25H2. The first-order valence-electron chi connectivity index (χ1n) is 17.4. The molecule has 1 unspecified atom stereocenters. The number of ketones is 1. The van der Waals surface area contributed by atoms with E-state index in [0.29, 0.717) is 44.7 Å². The summed E-state index contributed by atoms with van der Waals surface area (Å²) in [5, 5.41) is 4.30. The molecule has 1 aromatic heterocycles. The van der Waals surface area contributed by atoms with Gasteiger partial charge in [0.15, 0.2) is 0 Å². The minimum absolute atomic E-state index is 0.0435. The fraction of sp³-hybridized carbons (Fsp3) is 0.447. The Morgan fingerprint density at radius 2 is 1.51 bits per heavy atom. The number of para-hydroxylation sites is 1. The number of Topliss-reactive ketones (excluding diaryl/α,β-unsaturated/α-hetero) is 1. The van der Waals surface area contributed by atoms with E-state index in [9.17, 15) is 31.1 Å². The summed E-state index contributed by atoms with van der Waals surface area (Å²) in [6, 6.07) is 18.3. The lowest BCUT2D eigenvalue weighted by atomic mass is 9.98. The van der Waals surface area contributed by atoms with E-state index in [1.807, 2.05) is 6.20 Å². The number of hydrogen-bond donors (Lipinski definition) is 1. The van der Waals surface area contributed by atoms with Gasteiger partial charge in [-0.15, -0.1) is 26.3 Å². The van der Waals surface area contributed by atoms with Crippen LogP contribution in [-0.4, -0.2) is 71.6 Å². The number of nitrogens with one attached hydrogen (secondary N) is 1. The van der Waals surface area contributed by atoms with Crippen LogP contribution in [0.2, 0.25) is 0 Å². The second-order valence-electron chi connectivity index (χ2n) is 13.3. The summed E-state index contributed by atoms with van der Waals surface area (Å²) in [5.41, 5.74) is 4.19. The van der Waals surface area contributed by atoms with E-state index >= 15 is 0 Å². The predicted molar refractivity (Wildman–Crippen MR) is 182 cm³/mol. The third-order valence-corrected chi connectivity index (χ3v) is 9.58. The number of nitrogens with zero attached hydrogens (tertiary/aromatic N) is 3. The van der Waals surface area contributed by atoms with Crippen molar-refractivity contribution >= 4 is 16.7 Å². The zero-order chi connectivity index (χ0) is 36.0. The second-order valence-corrected chi connectivity index (χ2v) is 13.3. The fourth-order valence-corrected chi connectivity index (χ4v) is 7.04. The molecule has 4 aromatic rings. The van der Waals surface area contributed by atoms with Crippen LogP contribution in [0.4, 0.5) is 26.3 Å². The number of ether oxygens (including phenoxy) is 2. The predicted octanol–water partition coefficient (Wildman–Crippen LogP) is 8.30. The number of rotatable bonds is 13. The van der Waals surface area contributed by atoms with E-state index in [1.165, 1.54) is 24.3 Å². The van der Waals surface area contributed by atoms with E-state index in [4.69, 9.17) is 0 Å². The van der Waals surface area contributed by atoms with Crippen LogP contribution in [0.3, 0.4) is 0 Å². The van der Waals surface area contributed by atoms with E-state index in [-0.39, 0.29) is 23.3 Å². The highest BCUT2D eigenvalue weighted by molar-refractivity contribution is 5.96. The quantitative estimate of drug-likeness (QED) is 0.111. The van der Waals surface area contributed by atoms with Crippen molar-refractivity contribution < 1.29 is 40.6 Å². The van der Waals surface area contributed by atoms with E-state index in [0.717, 1.165) is 79.3 Å². The lowest BCUT2D eigenvalue weighted by molar-refractivity contribution is -0.275. The Balaban J connectivity index is 1.13. The van der Waals surface area contributed by atoms with E-state index < -0.39 is 12.7 Å². The van der Waals surface area contributed by atoms with Gasteiger partial charge in [-0.3, -0.25) is 14.6 Å². The van der Waals surface area contributed by atoms with Crippen molar-refractivity contribution in [1.82, 2.24) is 19.7 Å². The molecule has 0 amide bonds. The van der Waals surface area contributed by atoms with Crippen LogP contribution >= 0.6 is 0 Å². The molecular formula is C38H42F6N4O3. The Kier molecular flexibility index (Phi) is 11.6. The number of carbonyl (C=O) groups excluding carboxylic acids is 1. The second kappa shape index (κ2) is 16.1. The van der Waals surface area contributed by atoms with Gasteiger partial charge in [-0.25, -0.2) is 0 Å². The summed E-state index contributed by atoms with van der Waals surface area (Å²) >= 11 is 0. The minimum atomic E-state index is -4.78. The average Bonchev–Trinajstić information content (AvgIpc) is 3.45. The summed E-state index contributed by atoms with van der Waals surface area (Å²) < 4.78 is 87.6. The van der Waals surface area contributed by atoms with Gasteiger partial charge in [0.1, 0.15) is 17.3 Å². The molecule has 7 nitrogen and oxygen atoms in total. The van der Waals surface area contributed by atoms with Crippen LogP contribution in [0.5, 0.6) is 11.5 Å². The molecule has 0 radical (unpaired) electrons. The first-order valence-corrected chi connectivity index (χ1v) is 17.4. The topological polar surface area (TPSA) is 59.0 Å².